The van der Waals surface area contributed by atoms with Crippen molar-refractivity contribution in [3.63, 3.8) is 0 Å². The summed E-state index contributed by atoms with van der Waals surface area (Å²) in [6.07, 6.45) is 29.8. The molecule has 0 radical (unpaired) electrons. The number of carbonyl (C=O) groups excluding carboxylic acids is 1. The monoisotopic (exact) mass is 363 g/mol. The zero-order valence-corrected chi connectivity index (χ0v) is 17.7. The van der Waals surface area contributed by atoms with E-state index >= 15 is 0 Å². The summed E-state index contributed by atoms with van der Waals surface area (Å²) in [5.74, 6) is 0.299. The minimum absolute atomic E-state index is 0.299. The van der Waals surface area contributed by atoms with Gasteiger partial charge in [-0.15, -0.1) is 0 Å². The van der Waals surface area contributed by atoms with Crippen molar-refractivity contribution in [3.8, 4) is 0 Å². The molecular formula is C24H45NO. The van der Waals surface area contributed by atoms with Crippen molar-refractivity contribution in [2.75, 3.05) is 6.54 Å². The number of rotatable bonds is 18. The molecular weight excluding hydrogens is 318 g/mol. The summed E-state index contributed by atoms with van der Waals surface area (Å²) < 4.78 is 0. The van der Waals surface area contributed by atoms with E-state index in [9.17, 15) is 4.79 Å². The van der Waals surface area contributed by atoms with Gasteiger partial charge in [0.15, 0.2) is 0 Å². The standard InChI is InChI=1S/C24H45NO/c1-2-3-4-5-6-7-8-9-10-11-12-13-14-15-16-17-18-19-22-25-23-20-21-24(25)26/h19,22H,2-18,20-21,23H2,1H3. The van der Waals surface area contributed by atoms with Crippen LogP contribution in [0.1, 0.15) is 129 Å². The molecule has 0 N–H and O–H groups in total. The van der Waals surface area contributed by atoms with E-state index < -0.39 is 0 Å². The van der Waals surface area contributed by atoms with Crippen molar-refractivity contribution in [3.05, 3.63) is 12.3 Å². The molecule has 0 aromatic heterocycles. The van der Waals surface area contributed by atoms with Gasteiger partial charge in [0.25, 0.3) is 0 Å². The molecule has 152 valence electrons. The maximum Gasteiger partial charge on any atom is 0.226 e. The van der Waals surface area contributed by atoms with Crippen LogP contribution in [0.3, 0.4) is 0 Å². The molecule has 1 rings (SSSR count). The molecule has 0 aromatic rings. The van der Waals surface area contributed by atoms with Gasteiger partial charge in [0.05, 0.1) is 0 Å². The van der Waals surface area contributed by atoms with Crippen LogP contribution in [0.4, 0.5) is 0 Å². The van der Waals surface area contributed by atoms with Gasteiger partial charge in [-0.2, -0.15) is 0 Å². The van der Waals surface area contributed by atoms with E-state index in [0.717, 1.165) is 25.8 Å². The second-order valence-electron chi connectivity index (χ2n) is 8.17. The molecule has 0 atom stereocenters. The highest BCUT2D eigenvalue weighted by molar-refractivity contribution is 5.79. The molecule has 2 heteroatoms. The number of likely N-dealkylation sites (tertiary alicyclic amines) is 1. The summed E-state index contributed by atoms with van der Waals surface area (Å²) in [7, 11) is 0. The normalized spacial score (nSPS) is 14.8. The summed E-state index contributed by atoms with van der Waals surface area (Å²) in [6.45, 7) is 3.21. The first kappa shape index (κ1) is 23.2. The number of unbranched alkanes of at least 4 members (excludes halogenated alkanes) is 16. The Morgan fingerprint density at radius 2 is 1.19 bits per heavy atom. The molecule has 26 heavy (non-hydrogen) atoms. The van der Waals surface area contributed by atoms with Gasteiger partial charge in [0.2, 0.25) is 5.91 Å². The number of amides is 1. The van der Waals surface area contributed by atoms with E-state index in [0.29, 0.717) is 5.91 Å². The summed E-state index contributed by atoms with van der Waals surface area (Å²) in [6, 6.07) is 0. The van der Waals surface area contributed by atoms with Gasteiger partial charge in [-0.25, -0.2) is 0 Å². The summed E-state index contributed by atoms with van der Waals surface area (Å²) in [5.41, 5.74) is 0. The number of hydrogen-bond acceptors (Lipinski definition) is 1. The highest BCUT2D eigenvalue weighted by atomic mass is 16.2. The predicted molar refractivity (Wildman–Crippen MR) is 114 cm³/mol. The maximum absolute atomic E-state index is 11.5. The lowest BCUT2D eigenvalue weighted by Crippen LogP contribution is -2.17. The molecule has 0 aromatic carbocycles. The van der Waals surface area contributed by atoms with Gasteiger partial charge in [-0.1, -0.05) is 109 Å². The van der Waals surface area contributed by atoms with E-state index in [-0.39, 0.29) is 0 Å². The minimum Gasteiger partial charge on any atom is -0.319 e. The maximum atomic E-state index is 11.5. The van der Waals surface area contributed by atoms with E-state index in [4.69, 9.17) is 0 Å². The lowest BCUT2D eigenvalue weighted by molar-refractivity contribution is -0.125. The fourth-order valence-electron chi connectivity index (χ4n) is 3.84. The predicted octanol–water partition coefficient (Wildman–Crippen LogP) is 7.77. The number of hydrogen-bond donors (Lipinski definition) is 0. The smallest absolute Gasteiger partial charge is 0.226 e. The zero-order valence-electron chi connectivity index (χ0n) is 17.7. The third-order valence-electron chi connectivity index (χ3n) is 5.62. The SMILES string of the molecule is CCCCCCCCCCCCCCCCCCC=CN1CCCC1=O. The lowest BCUT2D eigenvalue weighted by atomic mass is 10.0. The molecule has 0 unspecified atom stereocenters. The summed E-state index contributed by atoms with van der Waals surface area (Å²) in [5, 5.41) is 0. The molecule has 2 nitrogen and oxygen atoms in total. The minimum atomic E-state index is 0.299. The molecule has 0 aliphatic carbocycles. The molecule has 0 spiro atoms. The van der Waals surface area contributed by atoms with Crippen LogP contribution in [0.25, 0.3) is 0 Å². The van der Waals surface area contributed by atoms with E-state index in [1.807, 2.05) is 11.1 Å². The highest BCUT2D eigenvalue weighted by Gasteiger charge is 2.16. The van der Waals surface area contributed by atoms with Gasteiger partial charge in [-0.3, -0.25) is 4.79 Å². The Morgan fingerprint density at radius 3 is 1.62 bits per heavy atom. The Bertz CT molecular complexity index is 350. The summed E-state index contributed by atoms with van der Waals surface area (Å²) >= 11 is 0. The van der Waals surface area contributed by atoms with Crippen LogP contribution in [0.15, 0.2) is 12.3 Å². The van der Waals surface area contributed by atoms with Crippen LogP contribution in [0.5, 0.6) is 0 Å². The van der Waals surface area contributed by atoms with Crippen LogP contribution in [0.2, 0.25) is 0 Å². The first-order chi connectivity index (χ1) is 12.8. The van der Waals surface area contributed by atoms with Crippen molar-refractivity contribution in [1.29, 1.82) is 0 Å². The Kier molecular flexibility index (Phi) is 15.8. The molecule has 1 amide bonds. The molecule has 1 aliphatic heterocycles. The average molecular weight is 364 g/mol. The fraction of sp³-hybridized carbons (Fsp3) is 0.875. The topological polar surface area (TPSA) is 20.3 Å². The van der Waals surface area contributed by atoms with Crippen molar-refractivity contribution in [2.24, 2.45) is 0 Å². The van der Waals surface area contributed by atoms with Crippen LogP contribution < -0.4 is 0 Å². The van der Waals surface area contributed by atoms with Gasteiger partial charge in [-0.05, 0) is 19.3 Å². The van der Waals surface area contributed by atoms with Crippen LogP contribution in [-0.2, 0) is 4.79 Å². The molecule has 0 saturated carbocycles. The Labute approximate surface area is 163 Å². The Balaban J connectivity index is 1.71. The molecule has 1 heterocycles. The molecule has 1 aliphatic rings. The van der Waals surface area contributed by atoms with E-state index in [1.54, 1.807) is 0 Å². The Hall–Kier alpha value is -0.790. The molecule has 1 saturated heterocycles. The number of nitrogens with zero attached hydrogens (tertiary/aromatic N) is 1. The average Bonchev–Trinajstić information content (AvgIpc) is 3.05. The number of allylic oxidation sites excluding steroid dienone is 1. The summed E-state index contributed by atoms with van der Waals surface area (Å²) in [4.78, 5) is 13.3. The van der Waals surface area contributed by atoms with Crippen LogP contribution in [0, 0.1) is 0 Å². The van der Waals surface area contributed by atoms with Crippen molar-refractivity contribution in [1.82, 2.24) is 4.90 Å². The third-order valence-corrected chi connectivity index (χ3v) is 5.62. The van der Waals surface area contributed by atoms with E-state index in [2.05, 4.69) is 13.0 Å². The van der Waals surface area contributed by atoms with Crippen molar-refractivity contribution < 1.29 is 4.79 Å². The second-order valence-corrected chi connectivity index (χ2v) is 8.17. The van der Waals surface area contributed by atoms with Gasteiger partial charge < -0.3 is 4.90 Å². The quantitative estimate of drug-likeness (QED) is 0.228. The fourth-order valence-corrected chi connectivity index (χ4v) is 3.84. The van der Waals surface area contributed by atoms with Gasteiger partial charge in [0, 0.05) is 19.2 Å². The van der Waals surface area contributed by atoms with Crippen LogP contribution in [-0.4, -0.2) is 17.4 Å². The van der Waals surface area contributed by atoms with E-state index in [1.165, 1.54) is 103 Å². The van der Waals surface area contributed by atoms with Crippen molar-refractivity contribution >= 4 is 5.91 Å². The van der Waals surface area contributed by atoms with Gasteiger partial charge in [0.1, 0.15) is 0 Å². The van der Waals surface area contributed by atoms with Crippen molar-refractivity contribution in [2.45, 2.75) is 129 Å². The molecule has 0 bridgehead atoms. The first-order valence-electron chi connectivity index (χ1n) is 11.8. The third kappa shape index (κ3) is 13.4. The first-order valence-corrected chi connectivity index (χ1v) is 11.8. The lowest BCUT2D eigenvalue weighted by Gasteiger charge is -2.08. The second kappa shape index (κ2) is 17.6. The highest BCUT2D eigenvalue weighted by Crippen LogP contribution is 2.14. The largest absolute Gasteiger partial charge is 0.319 e. The molecule has 1 fully saturated rings. The van der Waals surface area contributed by atoms with Crippen LogP contribution >= 0.6 is 0 Å². The Morgan fingerprint density at radius 1 is 0.731 bits per heavy atom. The zero-order chi connectivity index (χ0) is 18.7. The van der Waals surface area contributed by atoms with Gasteiger partial charge >= 0.3 is 0 Å². The number of carbonyl (C=O) groups is 1.